The second kappa shape index (κ2) is 13.1. The molecule has 10 nitrogen and oxygen atoms in total. The Morgan fingerprint density at radius 1 is 1.12 bits per heavy atom. The monoisotopic (exact) mass is 594 g/mol. The molecule has 0 bridgehead atoms. The maximum Gasteiger partial charge on any atom is 0.243 e. The predicted octanol–water partition coefficient (Wildman–Crippen LogP) is 3.04. The van der Waals surface area contributed by atoms with Gasteiger partial charge in [0.25, 0.3) is 0 Å². The van der Waals surface area contributed by atoms with Crippen LogP contribution in [0.1, 0.15) is 43.2 Å². The van der Waals surface area contributed by atoms with Crippen molar-refractivity contribution >= 4 is 40.2 Å². The van der Waals surface area contributed by atoms with E-state index < -0.39 is 12.1 Å². The van der Waals surface area contributed by atoms with Gasteiger partial charge in [-0.3, -0.25) is 19.1 Å². The molecule has 2 saturated heterocycles. The van der Waals surface area contributed by atoms with Crippen LogP contribution in [0.15, 0.2) is 42.5 Å². The molecule has 1 aromatic heterocycles. The number of rotatable bonds is 10. The summed E-state index contributed by atoms with van der Waals surface area (Å²) in [5.74, 6) is 0.400. The Labute approximate surface area is 251 Å². The number of nitrogens with one attached hydrogen (secondary N) is 1. The Morgan fingerprint density at radius 2 is 1.83 bits per heavy atom. The van der Waals surface area contributed by atoms with E-state index in [0.29, 0.717) is 24.7 Å². The van der Waals surface area contributed by atoms with Crippen LogP contribution in [-0.4, -0.2) is 76.1 Å². The molecular formula is C31H39ClN6O4. The Balaban J connectivity index is 1.26. The Hall–Kier alpha value is -3.63. The van der Waals surface area contributed by atoms with Gasteiger partial charge in [0.05, 0.1) is 18.7 Å². The number of ether oxygens (including phenoxy) is 1. The number of methoxy groups -OCH3 is 1. The fourth-order valence-corrected chi connectivity index (χ4v) is 6.35. The number of amides is 3. The summed E-state index contributed by atoms with van der Waals surface area (Å²) < 4.78 is 6.98. The lowest BCUT2D eigenvalue weighted by atomic mass is 9.96. The first-order valence-corrected chi connectivity index (χ1v) is 15.0. The lowest BCUT2D eigenvalue weighted by Gasteiger charge is -2.27. The lowest BCUT2D eigenvalue weighted by Crippen LogP contribution is -2.51. The maximum absolute atomic E-state index is 13.6. The van der Waals surface area contributed by atoms with Crippen LogP contribution in [-0.2, 0) is 34.4 Å². The number of aromatic nitrogens is 2. The highest BCUT2D eigenvalue weighted by Crippen LogP contribution is 2.29. The molecule has 2 aromatic carbocycles. The van der Waals surface area contributed by atoms with Gasteiger partial charge >= 0.3 is 0 Å². The van der Waals surface area contributed by atoms with Crippen LogP contribution in [0.25, 0.3) is 10.9 Å². The minimum absolute atomic E-state index is 0.0375. The third kappa shape index (κ3) is 6.71. The molecule has 3 unspecified atom stereocenters. The molecule has 3 amide bonds. The highest BCUT2D eigenvalue weighted by atomic mass is 35.5. The molecule has 2 aliphatic rings. The summed E-state index contributed by atoms with van der Waals surface area (Å²) >= 11 is 6.20. The minimum Gasteiger partial charge on any atom is -0.497 e. The summed E-state index contributed by atoms with van der Waals surface area (Å²) in [6, 6.07) is 12.1. The third-order valence-electron chi connectivity index (χ3n) is 8.44. The molecule has 224 valence electrons. The fraction of sp³-hybridized carbons (Fsp3) is 0.484. The van der Waals surface area contributed by atoms with E-state index in [2.05, 4.69) is 10.4 Å². The zero-order valence-electron chi connectivity index (χ0n) is 24.2. The average Bonchev–Trinajstić information content (AvgIpc) is 3.74. The molecule has 2 aliphatic heterocycles. The Morgan fingerprint density at radius 3 is 2.55 bits per heavy atom. The van der Waals surface area contributed by atoms with E-state index in [1.807, 2.05) is 54.4 Å². The molecule has 3 N–H and O–H groups in total. The average molecular weight is 595 g/mol. The number of nitrogens with zero attached hydrogens (tertiary/aromatic N) is 4. The van der Waals surface area contributed by atoms with Gasteiger partial charge in [0, 0.05) is 45.0 Å². The summed E-state index contributed by atoms with van der Waals surface area (Å²) in [6.45, 7) is 2.26. The van der Waals surface area contributed by atoms with E-state index in [0.717, 1.165) is 60.1 Å². The lowest BCUT2D eigenvalue weighted by molar-refractivity contribution is -0.140. The van der Waals surface area contributed by atoms with Crippen molar-refractivity contribution in [2.45, 2.75) is 57.2 Å². The smallest absolute Gasteiger partial charge is 0.243 e. The van der Waals surface area contributed by atoms with Crippen LogP contribution in [0.2, 0.25) is 5.15 Å². The summed E-state index contributed by atoms with van der Waals surface area (Å²) in [4.78, 5) is 43.2. The number of hydrogen-bond acceptors (Lipinski definition) is 6. The van der Waals surface area contributed by atoms with Gasteiger partial charge in [-0.2, -0.15) is 5.10 Å². The quantitative estimate of drug-likeness (QED) is 0.372. The molecule has 2 fully saturated rings. The topological polar surface area (TPSA) is 123 Å². The van der Waals surface area contributed by atoms with Crippen molar-refractivity contribution in [1.82, 2.24) is 24.9 Å². The Kier molecular flexibility index (Phi) is 9.33. The van der Waals surface area contributed by atoms with Crippen LogP contribution in [0.3, 0.4) is 0 Å². The molecule has 3 atom stereocenters. The number of likely N-dealkylation sites (tertiary alicyclic amines) is 2. The molecule has 3 aromatic rings. The number of benzene rings is 2. The van der Waals surface area contributed by atoms with E-state index in [1.165, 1.54) is 0 Å². The summed E-state index contributed by atoms with van der Waals surface area (Å²) in [6.07, 6.45) is 3.77. The van der Waals surface area contributed by atoms with E-state index >= 15 is 0 Å². The highest BCUT2D eigenvalue weighted by molar-refractivity contribution is 6.34. The number of nitrogens with two attached hydrogens (primary N) is 1. The molecule has 5 rings (SSSR count). The highest BCUT2D eigenvalue weighted by Gasteiger charge is 2.41. The standard InChI is InChI=1S/C31H39ClN6O4/c1-36-26-16-21(7-10-24(26)29(32)35-36)18-34-30(40)27-17-22(15-20-5-8-23(42-2)9-6-20)19-38(27)31(41)25(33)11-12-28(39)37-13-3-4-14-37/h5-10,16,22,25,27H,3-4,11-15,17-19,33H2,1-2H3,(H,34,40). The van der Waals surface area contributed by atoms with E-state index in [9.17, 15) is 14.4 Å². The number of carbonyl (C=O) groups excluding carboxylic acids is 3. The Bertz CT molecular complexity index is 1440. The molecular weight excluding hydrogens is 556 g/mol. The van der Waals surface area contributed by atoms with Crippen LogP contribution in [0, 0.1) is 5.92 Å². The van der Waals surface area contributed by atoms with E-state index in [4.69, 9.17) is 22.1 Å². The largest absolute Gasteiger partial charge is 0.497 e. The molecule has 0 saturated carbocycles. The molecule has 42 heavy (non-hydrogen) atoms. The van der Waals surface area contributed by atoms with Gasteiger partial charge in [-0.25, -0.2) is 0 Å². The predicted molar refractivity (Wildman–Crippen MR) is 161 cm³/mol. The van der Waals surface area contributed by atoms with Crippen molar-refractivity contribution in [1.29, 1.82) is 0 Å². The summed E-state index contributed by atoms with van der Waals surface area (Å²) in [5.41, 5.74) is 9.23. The molecule has 3 heterocycles. The van der Waals surface area contributed by atoms with Crippen molar-refractivity contribution in [2.75, 3.05) is 26.7 Å². The normalized spacial score (nSPS) is 19.3. The van der Waals surface area contributed by atoms with Crippen LogP contribution in [0.4, 0.5) is 0 Å². The first-order valence-electron chi connectivity index (χ1n) is 14.6. The molecule has 11 heteroatoms. The van der Waals surface area contributed by atoms with Crippen LogP contribution >= 0.6 is 11.6 Å². The van der Waals surface area contributed by atoms with Crippen molar-refractivity contribution < 1.29 is 19.1 Å². The van der Waals surface area contributed by atoms with Gasteiger partial charge in [-0.15, -0.1) is 0 Å². The van der Waals surface area contributed by atoms with Crippen molar-refractivity contribution in [3.8, 4) is 5.75 Å². The molecule has 0 spiro atoms. The zero-order valence-corrected chi connectivity index (χ0v) is 25.0. The number of halogens is 1. The first kappa shape index (κ1) is 29.8. The van der Waals surface area contributed by atoms with Crippen molar-refractivity contribution in [2.24, 2.45) is 18.7 Å². The number of carbonyl (C=O) groups is 3. The fourth-order valence-electron chi connectivity index (χ4n) is 6.07. The van der Waals surface area contributed by atoms with Gasteiger partial charge in [-0.1, -0.05) is 29.8 Å². The third-order valence-corrected chi connectivity index (χ3v) is 8.72. The second-order valence-corrected chi connectivity index (χ2v) is 11.7. The summed E-state index contributed by atoms with van der Waals surface area (Å²) in [5, 5.41) is 8.56. The van der Waals surface area contributed by atoms with Gasteiger partial charge < -0.3 is 25.6 Å². The van der Waals surface area contributed by atoms with Crippen molar-refractivity contribution in [3.05, 3.63) is 58.7 Å². The van der Waals surface area contributed by atoms with Gasteiger partial charge in [0.15, 0.2) is 5.15 Å². The summed E-state index contributed by atoms with van der Waals surface area (Å²) in [7, 11) is 3.45. The van der Waals surface area contributed by atoms with E-state index in [1.54, 1.807) is 16.7 Å². The van der Waals surface area contributed by atoms with E-state index in [-0.39, 0.29) is 36.5 Å². The van der Waals surface area contributed by atoms with Crippen LogP contribution in [0.5, 0.6) is 5.75 Å². The maximum atomic E-state index is 13.6. The van der Waals surface area contributed by atoms with Gasteiger partial charge in [-0.05, 0) is 73.4 Å². The minimum atomic E-state index is -0.844. The zero-order chi connectivity index (χ0) is 29.8. The first-order chi connectivity index (χ1) is 20.2. The van der Waals surface area contributed by atoms with Crippen LogP contribution < -0.4 is 15.8 Å². The SMILES string of the molecule is COc1ccc(CC2CC(C(=O)NCc3ccc4c(Cl)nn(C)c4c3)N(C(=O)C(N)CCC(=O)N3CCCC3)C2)cc1. The number of aryl methyl sites for hydroxylation is 1. The number of fused-ring (bicyclic) bond motifs is 1. The van der Waals surface area contributed by atoms with Gasteiger partial charge in [0.2, 0.25) is 17.7 Å². The number of hydrogen-bond donors (Lipinski definition) is 2. The second-order valence-electron chi connectivity index (χ2n) is 11.4. The van der Waals surface area contributed by atoms with Gasteiger partial charge in [0.1, 0.15) is 11.8 Å². The van der Waals surface area contributed by atoms with Crippen molar-refractivity contribution in [3.63, 3.8) is 0 Å². The molecule has 0 radical (unpaired) electrons. The molecule has 0 aliphatic carbocycles.